The van der Waals surface area contributed by atoms with Gasteiger partial charge in [0.05, 0.1) is 28.8 Å². The second-order valence-electron chi connectivity index (χ2n) is 11.7. The molecule has 1 saturated heterocycles. The van der Waals surface area contributed by atoms with Crippen LogP contribution in [0.4, 0.5) is 0 Å². The zero-order valence-electron chi connectivity index (χ0n) is 25.8. The molecule has 4 aromatic carbocycles. The van der Waals surface area contributed by atoms with E-state index in [2.05, 4.69) is 17.0 Å². The van der Waals surface area contributed by atoms with Crippen molar-refractivity contribution in [1.29, 1.82) is 5.26 Å². The number of nitrogens with zero attached hydrogens (tertiary/aromatic N) is 3. The summed E-state index contributed by atoms with van der Waals surface area (Å²) in [4.78, 5) is 18.9. The van der Waals surface area contributed by atoms with Gasteiger partial charge in [0.25, 0.3) is 5.91 Å². The van der Waals surface area contributed by atoms with Crippen LogP contribution >= 0.6 is 23.2 Å². The van der Waals surface area contributed by atoms with Gasteiger partial charge in [-0.3, -0.25) is 4.79 Å². The number of piperidine rings is 1. The number of likely N-dealkylation sites (N-methyl/N-ethyl adjacent to an activating group) is 1. The average Bonchev–Trinajstić information content (AvgIpc) is 3.06. The molecule has 0 bridgehead atoms. The average molecular weight is 663 g/mol. The molecule has 1 unspecified atom stereocenters. The summed E-state index contributed by atoms with van der Waals surface area (Å²) in [7, 11) is 3.44. The van der Waals surface area contributed by atoms with Crippen LogP contribution in [0.2, 0.25) is 10.0 Å². The Balaban J connectivity index is 1.30. The maximum atomic E-state index is 13.8. The number of rotatable bonds is 10. The minimum absolute atomic E-state index is 0.0209. The van der Waals surface area contributed by atoms with Crippen molar-refractivity contribution in [3.63, 3.8) is 0 Å². The number of amides is 1. The predicted octanol–water partition coefficient (Wildman–Crippen LogP) is 7.89. The van der Waals surface area contributed by atoms with Gasteiger partial charge in [-0.15, -0.1) is 0 Å². The number of methoxy groups -OCH3 is 1. The Labute approximate surface area is 278 Å². The lowest BCUT2D eigenvalue weighted by molar-refractivity contribution is 0.0783. The molecule has 1 amide bonds. The Morgan fingerprint density at radius 1 is 1.09 bits per heavy atom. The highest BCUT2D eigenvalue weighted by atomic mass is 35.5. The number of halogens is 2. The van der Waals surface area contributed by atoms with E-state index in [9.17, 15) is 14.6 Å². The highest BCUT2D eigenvalue weighted by Crippen LogP contribution is 2.35. The third-order valence-electron chi connectivity index (χ3n) is 8.83. The molecular weight excluding hydrogens is 625 g/mol. The van der Waals surface area contributed by atoms with E-state index in [0.717, 1.165) is 71.4 Å². The van der Waals surface area contributed by atoms with Gasteiger partial charge in [0.15, 0.2) is 4.90 Å². The van der Waals surface area contributed by atoms with Crippen LogP contribution in [0, 0.1) is 11.3 Å². The van der Waals surface area contributed by atoms with Crippen LogP contribution in [-0.4, -0.2) is 66.9 Å². The molecule has 1 fully saturated rings. The smallest absolute Gasteiger partial charge is 0.254 e. The standard InChI is InChI=1S/C36H37Cl2N3O3S/c1-40(36(42)32-19-24(22-39)18-27-6-4-5-7-30(27)32)23-28(26-8-11-33(37)34(38)20-26)14-17-41-15-12-25(13-16-41)31-10-9-29(44-2)21-35(31)45(3)43/h4-11,18-21,25,28H,12-17,23H2,1-3H3/t28-,45?/m1/s1. The van der Waals surface area contributed by atoms with E-state index in [1.165, 1.54) is 0 Å². The van der Waals surface area contributed by atoms with Crippen molar-refractivity contribution in [2.75, 3.05) is 46.6 Å². The Morgan fingerprint density at radius 2 is 1.84 bits per heavy atom. The second kappa shape index (κ2) is 14.9. The molecule has 2 atom stereocenters. The van der Waals surface area contributed by atoms with E-state index in [-0.39, 0.29) is 11.8 Å². The van der Waals surface area contributed by atoms with Crippen LogP contribution in [0.15, 0.2) is 77.7 Å². The third kappa shape index (κ3) is 7.77. The lowest BCUT2D eigenvalue weighted by Crippen LogP contribution is -2.36. The van der Waals surface area contributed by atoms with Gasteiger partial charge in [0, 0.05) is 36.7 Å². The molecule has 6 nitrogen and oxygen atoms in total. The number of fused-ring (bicyclic) bond motifs is 1. The Hall–Kier alpha value is -3.25. The van der Waals surface area contributed by atoms with Crippen molar-refractivity contribution < 1.29 is 14.1 Å². The van der Waals surface area contributed by atoms with Crippen molar-refractivity contribution in [2.45, 2.75) is 36.0 Å². The molecule has 234 valence electrons. The van der Waals surface area contributed by atoms with E-state index in [0.29, 0.717) is 33.6 Å². The second-order valence-corrected chi connectivity index (χ2v) is 13.8. The zero-order chi connectivity index (χ0) is 32.1. The summed E-state index contributed by atoms with van der Waals surface area (Å²) < 4.78 is 17.9. The summed E-state index contributed by atoms with van der Waals surface area (Å²) in [6, 6.07) is 25.0. The van der Waals surface area contributed by atoms with Gasteiger partial charge in [-0.2, -0.15) is 5.26 Å². The molecule has 9 heteroatoms. The Morgan fingerprint density at radius 3 is 2.53 bits per heavy atom. The van der Waals surface area contributed by atoms with E-state index >= 15 is 0 Å². The van der Waals surface area contributed by atoms with Gasteiger partial charge < -0.3 is 19.1 Å². The molecule has 0 spiro atoms. The van der Waals surface area contributed by atoms with Gasteiger partial charge in [-0.1, -0.05) is 59.6 Å². The summed E-state index contributed by atoms with van der Waals surface area (Å²) in [5.41, 5.74) is 3.16. The summed E-state index contributed by atoms with van der Waals surface area (Å²) in [5.74, 6) is 0.967. The molecule has 0 N–H and O–H groups in total. The van der Waals surface area contributed by atoms with Crippen LogP contribution in [0.25, 0.3) is 10.8 Å². The highest BCUT2D eigenvalue weighted by Gasteiger charge is 2.27. The van der Waals surface area contributed by atoms with Crippen molar-refractivity contribution in [2.24, 2.45) is 0 Å². The first-order valence-electron chi connectivity index (χ1n) is 15.1. The molecule has 5 rings (SSSR count). The summed E-state index contributed by atoms with van der Waals surface area (Å²) >= 11 is 11.6. The number of carbonyl (C=O) groups is 1. The van der Waals surface area contributed by atoms with Crippen molar-refractivity contribution in [3.05, 3.63) is 105 Å². The van der Waals surface area contributed by atoms with Crippen LogP contribution < -0.4 is 4.74 Å². The summed E-state index contributed by atoms with van der Waals surface area (Å²) in [6.45, 7) is 3.21. The zero-order valence-corrected chi connectivity index (χ0v) is 28.1. The molecule has 0 saturated carbocycles. The fourth-order valence-corrected chi connectivity index (χ4v) is 7.49. The van der Waals surface area contributed by atoms with Crippen molar-refractivity contribution >= 4 is 51.1 Å². The van der Waals surface area contributed by atoms with Gasteiger partial charge in [0.2, 0.25) is 0 Å². The predicted molar refractivity (Wildman–Crippen MR) is 183 cm³/mol. The van der Waals surface area contributed by atoms with Crippen molar-refractivity contribution in [1.82, 2.24) is 9.80 Å². The Bertz CT molecular complexity index is 1720. The number of hydrogen-bond acceptors (Lipinski definition) is 5. The first-order valence-corrected chi connectivity index (χ1v) is 17.4. The molecule has 1 aliphatic rings. The van der Waals surface area contributed by atoms with E-state index < -0.39 is 11.2 Å². The molecule has 0 aliphatic carbocycles. The van der Waals surface area contributed by atoms with E-state index in [1.54, 1.807) is 24.3 Å². The number of carbonyl (C=O) groups excluding carboxylic acids is 1. The molecule has 4 aromatic rings. The van der Waals surface area contributed by atoms with Gasteiger partial charge in [0.1, 0.15) is 12.0 Å². The van der Waals surface area contributed by atoms with Gasteiger partial charge >= 0.3 is 0 Å². The minimum atomic E-state index is -1.09. The van der Waals surface area contributed by atoms with Crippen molar-refractivity contribution in [3.8, 4) is 11.8 Å². The maximum Gasteiger partial charge on any atom is 0.254 e. The van der Waals surface area contributed by atoms with Crippen LogP contribution in [-0.2, 0) is 11.2 Å². The highest BCUT2D eigenvalue weighted by molar-refractivity contribution is 7.90. The monoisotopic (exact) mass is 661 g/mol. The molecule has 0 radical (unpaired) electrons. The number of hydrogen-bond donors (Lipinski definition) is 0. The summed E-state index contributed by atoms with van der Waals surface area (Å²) in [6.07, 6.45) is 4.51. The number of nitriles is 1. The fraction of sp³-hybridized carbons (Fsp3) is 0.333. The largest absolute Gasteiger partial charge is 0.612 e. The quantitative estimate of drug-likeness (QED) is 0.162. The topological polar surface area (TPSA) is 79.6 Å². The first kappa shape index (κ1) is 33.1. The SMILES string of the molecule is COc1ccc(C2CCN(CC[C@H](CN(C)C(=O)c3cc(C#N)cc4ccccc34)c3ccc(Cl)c(Cl)c3)CC2)c([S+](C)[O-])c1. The Kier molecular flexibility index (Phi) is 11.0. The van der Waals surface area contributed by atoms with Crippen LogP contribution in [0.5, 0.6) is 5.75 Å². The maximum absolute atomic E-state index is 13.8. The van der Waals surface area contributed by atoms with E-state index in [1.807, 2.05) is 67.7 Å². The normalized spacial score (nSPS) is 15.4. The fourth-order valence-electron chi connectivity index (χ4n) is 6.33. The lowest BCUT2D eigenvalue weighted by atomic mass is 9.88. The first-order chi connectivity index (χ1) is 21.7. The molecule has 1 aliphatic heterocycles. The molecular formula is C36H37Cl2N3O3S. The lowest BCUT2D eigenvalue weighted by Gasteiger charge is -2.34. The number of ether oxygens (including phenoxy) is 1. The number of benzene rings is 4. The van der Waals surface area contributed by atoms with Gasteiger partial charge in [-0.25, -0.2) is 0 Å². The van der Waals surface area contributed by atoms with E-state index in [4.69, 9.17) is 27.9 Å². The summed E-state index contributed by atoms with van der Waals surface area (Å²) in [5, 5.41) is 12.3. The van der Waals surface area contributed by atoms with Crippen LogP contribution in [0.1, 0.15) is 58.1 Å². The molecule has 0 aromatic heterocycles. The minimum Gasteiger partial charge on any atom is -0.612 e. The molecule has 1 heterocycles. The number of likely N-dealkylation sites (tertiary alicyclic amines) is 1. The third-order valence-corrected chi connectivity index (χ3v) is 10.5. The van der Waals surface area contributed by atoms with Gasteiger partial charge in [-0.05, 0) is 103 Å². The van der Waals surface area contributed by atoms with Crippen LogP contribution in [0.3, 0.4) is 0 Å². The molecule has 45 heavy (non-hydrogen) atoms.